The van der Waals surface area contributed by atoms with Gasteiger partial charge in [0.25, 0.3) is 5.97 Å². The van der Waals surface area contributed by atoms with Crippen LogP contribution in [0.25, 0.3) is 27.4 Å². The summed E-state index contributed by atoms with van der Waals surface area (Å²) in [4.78, 5) is 29.4. The number of hydrogen-bond donors (Lipinski definition) is 1. The van der Waals surface area contributed by atoms with E-state index in [0.717, 1.165) is 65.6 Å². The fourth-order valence-corrected chi connectivity index (χ4v) is 3.40. The number of oxazole rings is 1. The van der Waals surface area contributed by atoms with Crippen molar-refractivity contribution in [1.29, 1.82) is 0 Å². The third-order valence-electron chi connectivity index (χ3n) is 5.00. The van der Waals surface area contributed by atoms with E-state index in [4.69, 9.17) is 29.2 Å². The van der Waals surface area contributed by atoms with Crippen molar-refractivity contribution >= 4 is 45.7 Å². The van der Waals surface area contributed by atoms with Gasteiger partial charge in [-0.25, -0.2) is 9.98 Å². The van der Waals surface area contributed by atoms with Crippen molar-refractivity contribution in [2.75, 3.05) is 34.2 Å². The monoisotopic (exact) mass is 494 g/mol. The first kappa shape index (κ1) is 28.3. The van der Waals surface area contributed by atoms with Crippen molar-refractivity contribution < 1.29 is 28.7 Å². The van der Waals surface area contributed by atoms with Crippen LogP contribution in [0.2, 0.25) is 0 Å². The number of hydrogen-bond acceptors (Lipinski definition) is 7. The zero-order chi connectivity index (χ0) is 26.9. The molecule has 0 aliphatic carbocycles. The molecule has 1 N–H and O–H groups in total. The molecule has 1 aliphatic heterocycles. The minimum atomic E-state index is -1.08. The van der Waals surface area contributed by atoms with E-state index in [1.165, 1.54) is 5.39 Å². The van der Waals surface area contributed by atoms with E-state index in [9.17, 15) is 0 Å². The average molecular weight is 495 g/mol. The Hall–Kier alpha value is -3.98. The lowest BCUT2D eigenvalue weighted by atomic mass is 10.1. The van der Waals surface area contributed by atoms with Gasteiger partial charge in [0, 0.05) is 43.0 Å². The quantitative estimate of drug-likeness (QED) is 0.539. The molecule has 0 fully saturated rings. The van der Waals surface area contributed by atoms with Crippen LogP contribution in [0, 0.1) is 0 Å². The second-order valence-electron chi connectivity index (χ2n) is 9.34. The average Bonchev–Trinajstić information content (AvgIpc) is 3.22. The lowest BCUT2D eigenvalue weighted by Gasteiger charge is -2.25. The number of aliphatic carboxylic acids is 2. The van der Waals surface area contributed by atoms with Crippen LogP contribution in [0.3, 0.4) is 0 Å². The highest BCUT2D eigenvalue weighted by molar-refractivity contribution is 6.03. The summed E-state index contributed by atoms with van der Waals surface area (Å²) in [7, 11) is 6.65. The molecule has 9 heteroatoms. The minimum absolute atomic E-state index is 0.627. The normalized spacial score (nSPS) is 14.1. The number of carbonyl (C=O) groups excluding carboxylic acids is 1. The number of rotatable bonds is 5. The van der Waals surface area contributed by atoms with E-state index in [2.05, 4.69) is 55.4 Å². The molecular formula is C27H34N4O5. The predicted octanol–water partition coefficient (Wildman–Crippen LogP) is 3.51. The molecule has 3 aromatic rings. The Bertz CT molecular complexity index is 1260. The standard InChI is InChI=1S/C23H27N4O.2C2H4O2/c1-17(20-12-14-26(16-24-20)13-7-15-27(2,3)4)23-25-22-19-9-6-5-8-18(19)10-11-21(22)28-23;2*1-2(3)4/h5-6,8-12,14,16H,7,13,15H2,1-4H3;2*1H3,(H,3,4)/q+1;;/p-1. The number of aromatic nitrogens is 1. The lowest BCUT2D eigenvalue weighted by Crippen LogP contribution is -2.36. The van der Waals surface area contributed by atoms with Gasteiger partial charge in [0.05, 0.1) is 39.7 Å². The molecule has 1 aliphatic rings. The van der Waals surface area contributed by atoms with E-state index in [1.807, 2.05) is 37.5 Å². The molecule has 4 rings (SSSR count). The van der Waals surface area contributed by atoms with Gasteiger partial charge < -0.3 is 28.8 Å². The summed E-state index contributed by atoms with van der Waals surface area (Å²) < 4.78 is 7.01. The van der Waals surface area contributed by atoms with E-state index < -0.39 is 11.9 Å². The molecule has 2 heterocycles. The van der Waals surface area contributed by atoms with Crippen molar-refractivity contribution in [2.45, 2.75) is 27.2 Å². The number of carbonyl (C=O) groups is 2. The summed E-state index contributed by atoms with van der Waals surface area (Å²) >= 11 is 0. The highest BCUT2D eigenvalue weighted by Crippen LogP contribution is 2.29. The summed E-state index contributed by atoms with van der Waals surface area (Å²) in [5.74, 6) is -1.29. The first-order chi connectivity index (χ1) is 16.9. The van der Waals surface area contributed by atoms with E-state index in [-0.39, 0.29) is 0 Å². The molecule has 2 aromatic carbocycles. The Labute approximate surface area is 211 Å². The van der Waals surface area contributed by atoms with E-state index >= 15 is 0 Å². The van der Waals surface area contributed by atoms with Gasteiger partial charge in [-0.05, 0) is 31.4 Å². The van der Waals surface area contributed by atoms with Gasteiger partial charge in [0.2, 0.25) is 5.89 Å². The Morgan fingerprint density at radius 3 is 2.31 bits per heavy atom. The van der Waals surface area contributed by atoms with Gasteiger partial charge in [0.1, 0.15) is 5.52 Å². The van der Waals surface area contributed by atoms with Crippen LogP contribution in [0.15, 0.2) is 63.8 Å². The molecule has 0 radical (unpaired) electrons. The third-order valence-corrected chi connectivity index (χ3v) is 5.00. The topological polar surface area (TPSA) is 119 Å². The minimum Gasteiger partial charge on any atom is -0.550 e. The van der Waals surface area contributed by atoms with E-state index in [1.54, 1.807) is 0 Å². The van der Waals surface area contributed by atoms with Crippen molar-refractivity contribution in [3.63, 3.8) is 0 Å². The number of aliphatic imine (C=N–C) groups is 1. The molecule has 0 atom stereocenters. The molecular weight excluding hydrogens is 460 g/mol. The number of carboxylic acid groups (broad SMARTS) is 2. The Morgan fingerprint density at radius 1 is 1.08 bits per heavy atom. The maximum Gasteiger partial charge on any atom is 0.300 e. The second kappa shape index (κ2) is 12.6. The van der Waals surface area contributed by atoms with Crippen molar-refractivity contribution in [3.05, 3.63) is 60.3 Å². The smallest absolute Gasteiger partial charge is 0.300 e. The summed E-state index contributed by atoms with van der Waals surface area (Å²) in [5, 5.41) is 18.6. The van der Waals surface area contributed by atoms with Crippen LogP contribution >= 0.6 is 0 Å². The molecule has 36 heavy (non-hydrogen) atoms. The van der Waals surface area contributed by atoms with Crippen molar-refractivity contribution in [3.8, 4) is 0 Å². The van der Waals surface area contributed by atoms with Gasteiger partial charge in [-0.15, -0.1) is 0 Å². The highest BCUT2D eigenvalue weighted by Gasteiger charge is 2.14. The Kier molecular flexibility index (Phi) is 9.93. The summed E-state index contributed by atoms with van der Waals surface area (Å²) in [6.45, 7) is 6.17. The number of benzene rings is 2. The molecule has 0 spiro atoms. The van der Waals surface area contributed by atoms with Crippen LogP contribution in [0.1, 0.15) is 33.1 Å². The number of fused-ring (bicyclic) bond motifs is 3. The fraction of sp³-hybridized carbons (Fsp3) is 0.333. The maximum absolute atomic E-state index is 9.00. The Morgan fingerprint density at radius 2 is 1.72 bits per heavy atom. The number of quaternary nitrogens is 1. The molecule has 0 saturated carbocycles. The lowest BCUT2D eigenvalue weighted by molar-refractivity contribution is -0.870. The van der Waals surface area contributed by atoms with Gasteiger partial charge in [-0.3, -0.25) is 4.79 Å². The molecule has 0 bridgehead atoms. The van der Waals surface area contributed by atoms with Crippen LogP contribution < -0.4 is 5.11 Å². The largest absolute Gasteiger partial charge is 0.550 e. The molecule has 0 amide bonds. The van der Waals surface area contributed by atoms with Gasteiger partial charge >= 0.3 is 0 Å². The SMILES string of the molecule is CC(=C1C=CN(CCC[N+](C)(C)C)C=N1)c1nc2c(ccc3ccccc32)o1.CC(=O)O.CC(=O)[O-]. The maximum atomic E-state index is 9.00. The molecule has 192 valence electrons. The fourth-order valence-electron chi connectivity index (χ4n) is 3.40. The number of nitrogens with zero attached hydrogens (tertiary/aromatic N) is 4. The Balaban J connectivity index is 0.000000501. The van der Waals surface area contributed by atoms with Crippen LogP contribution in [0.5, 0.6) is 0 Å². The van der Waals surface area contributed by atoms with Crippen LogP contribution in [-0.2, 0) is 9.59 Å². The van der Waals surface area contributed by atoms with Crippen molar-refractivity contribution in [1.82, 2.24) is 9.88 Å². The number of allylic oxidation sites excluding steroid dienone is 2. The summed E-state index contributed by atoms with van der Waals surface area (Å²) in [5.41, 5.74) is 3.54. The van der Waals surface area contributed by atoms with Gasteiger partial charge in [-0.1, -0.05) is 30.3 Å². The molecule has 0 unspecified atom stereocenters. The van der Waals surface area contributed by atoms with Gasteiger partial charge in [0.15, 0.2) is 5.58 Å². The zero-order valence-corrected chi connectivity index (χ0v) is 21.7. The summed E-state index contributed by atoms with van der Waals surface area (Å²) in [6.07, 6.45) is 7.14. The first-order valence-electron chi connectivity index (χ1n) is 11.5. The zero-order valence-electron chi connectivity index (χ0n) is 21.7. The first-order valence-corrected chi connectivity index (χ1v) is 11.5. The predicted molar refractivity (Wildman–Crippen MR) is 140 cm³/mol. The molecule has 9 nitrogen and oxygen atoms in total. The van der Waals surface area contributed by atoms with Crippen LogP contribution in [0.4, 0.5) is 0 Å². The second-order valence-corrected chi connectivity index (χ2v) is 9.34. The number of carboxylic acids is 2. The van der Waals surface area contributed by atoms with Crippen molar-refractivity contribution in [2.24, 2.45) is 4.99 Å². The third kappa shape index (κ3) is 8.99. The highest BCUT2D eigenvalue weighted by atomic mass is 16.4. The molecule has 0 saturated heterocycles. The van der Waals surface area contributed by atoms with E-state index in [0.29, 0.717) is 5.89 Å². The molecule has 1 aromatic heterocycles. The van der Waals surface area contributed by atoms with Crippen LogP contribution in [-0.4, -0.2) is 72.0 Å². The van der Waals surface area contributed by atoms with Gasteiger partial charge in [-0.2, -0.15) is 0 Å². The summed E-state index contributed by atoms with van der Waals surface area (Å²) in [6, 6.07) is 12.3.